The summed E-state index contributed by atoms with van der Waals surface area (Å²) in [4.78, 5) is 27.5. The zero-order valence-electron chi connectivity index (χ0n) is 14.6. The number of anilines is 2. The lowest BCUT2D eigenvalue weighted by atomic mass is 10.0. The Balaban J connectivity index is 1.93. The van der Waals surface area contributed by atoms with Gasteiger partial charge in [-0.1, -0.05) is 19.1 Å². The van der Waals surface area contributed by atoms with Crippen molar-refractivity contribution in [2.45, 2.75) is 38.4 Å². The molecule has 142 valence electrons. The van der Waals surface area contributed by atoms with Gasteiger partial charge in [0.1, 0.15) is 6.04 Å². The minimum atomic E-state index is -4.69. The highest BCUT2D eigenvalue weighted by atomic mass is 19.4. The molecule has 2 amide bonds. The third kappa shape index (κ3) is 4.00. The highest BCUT2D eigenvalue weighted by Gasteiger charge is 2.49. The number of alkyl halides is 3. The highest BCUT2D eigenvalue weighted by Crippen LogP contribution is 2.37. The molecule has 2 heterocycles. The molecule has 0 saturated carbocycles. The molecule has 2 aliphatic rings. The number of hydrogen-bond acceptors (Lipinski definition) is 3. The van der Waals surface area contributed by atoms with Crippen LogP contribution in [0.25, 0.3) is 0 Å². The van der Waals surface area contributed by atoms with E-state index in [4.69, 9.17) is 0 Å². The average molecular weight is 369 g/mol. The number of fused-ring (bicyclic) bond motifs is 1. The molecule has 8 heteroatoms. The second-order valence-corrected chi connectivity index (χ2v) is 7.07. The Bertz CT molecular complexity index is 693. The number of carbonyl (C=O) groups excluding carboxylic acids is 2. The molecular weight excluding hydrogens is 347 g/mol. The highest BCUT2D eigenvalue weighted by molar-refractivity contribution is 6.05. The van der Waals surface area contributed by atoms with Crippen molar-refractivity contribution >= 4 is 23.2 Å². The Hall–Kier alpha value is -2.09. The van der Waals surface area contributed by atoms with E-state index in [0.717, 1.165) is 17.7 Å². The van der Waals surface area contributed by atoms with Crippen molar-refractivity contribution in [3.05, 3.63) is 24.3 Å². The maximum Gasteiger partial charge on any atom is 0.409 e. The second kappa shape index (κ2) is 7.26. The van der Waals surface area contributed by atoms with Crippen molar-refractivity contribution in [3.63, 3.8) is 0 Å². The Morgan fingerprint density at radius 1 is 1.31 bits per heavy atom. The van der Waals surface area contributed by atoms with Gasteiger partial charge in [0.15, 0.2) is 0 Å². The van der Waals surface area contributed by atoms with Gasteiger partial charge in [0.25, 0.3) is 0 Å². The average Bonchev–Trinajstić information content (AvgIpc) is 2.70. The summed E-state index contributed by atoms with van der Waals surface area (Å²) >= 11 is 0. The first-order valence-corrected chi connectivity index (χ1v) is 8.75. The predicted octanol–water partition coefficient (Wildman–Crippen LogP) is 3.02. The van der Waals surface area contributed by atoms with Crippen LogP contribution in [0.2, 0.25) is 0 Å². The molecule has 2 atom stereocenters. The molecule has 1 fully saturated rings. The number of nitrogens with zero attached hydrogens (tertiary/aromatic N) is 2. The van der Waals surface area contributed by atoms with Crippen LogP contribution in [-0.2, 0) is 9.59 Å². The lowest BCUT2D eigenvalue weighted by Crippen LogP contribution is -2.53. The normalized spacial score (nSPS) is 24.6. The molecule has 0 unspecified atom stereocenters. The van der Waals surface area contributed by atoms with Crippen LogP contribution in [0.4, 0.5) is 24.5 Å². The van der Waals surface area contributed by atoms with Gasteiger partial charge in [-0.25, -0.2) is 0 Å². The Morgan fingerprint density at radius 3 is 2.73 bits per heavy atom. The third-order valence-corrected chi connectivity index (χ3v) is 4.87. The summed E-state index contributed by atoms with van der Waals surface area (Å²) in [5.74, 6) is -0.971. The quantitative estimate of drug-likeness (QED) is 0.872. The molecule has 1 saturated heterocycles. The Morgan fingerprint density at radius 2 is 2.04 bits per heavy atom. The first-order valence-electron chi connectivity index (χ1n) is 8.75. The predicted molar refractivity (Wildman–Crippen MR) is 91.9 cm³/mol. The number of rotatable bonds is 2. The summed E-state index contributed by atoms with van der Waals surface area (Å²) in [6.45, 7) is 3.37. The maximum absolute atomic E-state index is 13.7. The van der Waals surface area contributed by atoms with Gasteiger partial charge in [0.2, 0.25) is 11.8 Å². The van der Waals surface area contributed by atoms with Gasteiger partial charge in [-0.3, -0.25) is 19.4 Å². The van der Waals surface area contributed by atoms with Gasteiger partial charge in [-0.2, -0.15) is 13.2 Å². The van der Waals surface area contributed by atoms with E-state index in [1.54, 1.807) is 12.1 Å². The van der Waals surface area contributed by atoms with Crippen molar-refractivity contribution in [3.8, 4) is 0 Å². The summed E-state index contributed by atoms with van der Waals surface area (Å²) < 4.78 is 41.0. The Labute approximate surface area is 150 Å². The molecule has 5 nitrogen and oxygen atoms in total. The van der Waals surface area contributed by atoms with Crippen molar-refractivity contribution < 1.29 is 22.8 Å². The van der Waals surface area contributed by atoms with E-state index in [2.05, 4.69) is 12.2 Å². The van der Waals surface area contributed by atoms with E-state index in [1.165, 1.54) is 12.1 Å². The smallest absolute Gasteiger partial charge is 0.324 e. The molecule has 1 N–H and O–H groups in total. The summed E-state index contributed by atoms with van der Waals surface area (Å²) in [6, 6.07) is 3.96. The summed E-state index contributed by atoms with van der Waals surface area (Å²) in [5.41, 5.74) is 0.320. The van der Waals surface area contributed by atoms with Gasteiger partial charge in [-0.15, -0.1) is 0 Å². The SMILES string of the molecule is C[C@@H]1CCCN(CC(=O)N2c3ccccc3NC(=O)C[C@H]2C(F)(F)F)C1. The van der Waals surface area contributed by atoms with Crippen LogP contribution in [0.1, 0.15) is 26.2 Å². The summed E-state index contributed by atoms with van der Waals surface area (Å²) in [6.07, 6.45) is -3.52. The fourth-order valence-corrected chi connectivity index (χ4v) is 3.69. The fraction of sp³-hybridized carbons (Fsp3) is 0.556. The largest absolute Gasteiger partial charge is 0.409 e. The second-order valence-electron chi connectivity index (χ2n) is 7.07. The molecule has 0 radical (unpaired) electrons. The van der Waals surface area contributed by atoms with E-state index in [1.807, 2.05) is 4.90 Å². The number of piperidine rings is 1. The number of para-hydroxylation sites is 2. The van der Waals surface area contributed by atoms with Gasteiger partial charge in [0.05, 0.1) is 24.3 Å². The number of halogens is 3. The van der Waals surface area contributed by atoms with Crippen LogP contribution in [-0.4, -0.2) is 48.6 Å². The summed E-state index contributed by atoms with van der Waals surface area (Å²) in [7, 11) is 0. The van der Waals surface area contributed by atoms with Crippen LogP contribution < -0.4 is 10.2 Å². The number of carbonyl (C=O) groups is 2. The van der Waals surface area contributed by atoms with Gasteiger partial charge < -0.3 is 5.32 Å². The number of likely N-dealkylation sites (tertiary alicyclic amines) is 1. The minimum Gasteiger partial charge on any atom is -0.324 e. The molecular formula is C18H22F3N3O2. The molecule has 0 spiro atoms. The maximum atomic E-state index is 13.7. The number of benzene rings is 1. The van der Waals surface area contributed by atoms with Crippen molar-refractivity contribution in [1.82, 2.24) is 4.90 Å². The van der Waals surface area contributed by atoms with Crippen LogP contribution in [0.15, 0.2) is 24.3 Å². The van der Waals surface area contributed by atoms with Gasteiger partial charge in [0, 0.05) is 6.54 Å². The molecule has 0 aromatic heterocycles. The zero-order valence-corrected chi connectivity index (χ0v) is 14.6. The zero-order chi connectivity index (χ0) is 18.9. The third-order valence-electron chi connectivity index (χ3n) is 4.87. The van der Waals surface area contributed by atoms with Crippen LogP contribution in [0, 0.1) is 5.92 Å². The van der Waals surface area contributed by atoms with E-state index < -0.39 is 30.5 Å². The lowest BCUT2D eigenvalue weighted by Gasteiger charge is -2.35. The monoisotopic (exact) mass is 369 g/mol. The Kier molecular flexibility index (Phi) is 5.22. The first kappa shape index (κ1) is 18.7. The van der Waals surface area contributed by atoms with Crippen molar-refractivity contribution in [2.75, 3.05) is 29.9 Å². The molecule has 0 aliphatic carbocycles. The van der Waals surface area contributed by atoms with Crippen molar-refractivity contribution in [2.24, 2.45) is 5.92 Å². The molecule has 2 aliphatic heterocycles. The molecule has 0 bridgehead atoms. The van der Waals surface area contributed by atoms with Gasteiger partial charge >= 0.3 is 6.18 Å². The number of nitrogens with one attached hydrogen (secondary N) is 1. The van der Waals surface area contributed by atoms with Crippen LogP contribution >= 0.6 is 0 Å². The lowest BCUT2D eigenvalue weighted by molar-refractivity contribution is -0.158. The van der Waals surface area contributed by atoms with E-state index in [9.17, 15) is 22.8 Å². The standard InChI is InChI=1S/C18H22F3N3O2/c1-12-5-4-8-23(10-12)11-17(26)24-14-7-3-2-6-13(14)22-16(25)9-15(24)18(19,20)21/h2-3,6-7,12,15H,4-5,8-11H2,1H3,(H,22,25)/t12-,15+/m1/s1. The van der Waals surface area contributed by atoms with Crippen molar-refractivity contribution in [1.29, 1.82) is 0 Å². The van der Waals surface area contributed by atoms with E-state index in [-0.39, 0.29) is 17.9 Å². The minimum absolute atomic E-state index is 0.0839. The first-order chi connectivity index (χ1) is 12.3. The number of amides is 2. The summed E-state index contributed by atoms with van der Waals surface area (Å²) in [5, 5.41) is 2.47. The van der Waals surface area contributed by atoms with E-state index in [0.29, 0.717) is 19.0 Å². The van der Waals surface area contributed by atoms with E-state index >= 15 is 0 Å². The van der Waals surface area contributed by atoms with Crippen LogP contribution in [0.3, 0.4) is 0 Å². The molecule has 1 aromatic rings. The molecule has 26 heavy (non-hydrogen) atoms. The molecule has 3 rings (SSSR count). The fourth-order valence-electron chi connectivity index (χ4n) is 3.69. The number of hydrogen-bond donors (Lipinski definition) is 1. The van der Waals surface area contributed by atoms with Gasteiger partial charge in [-0.05, 0) is 37.4 Å². The molecule has 1 aromatic carbocycles. The topological polar surface area (TPSA) is 52.7 Å². The van der Waals surface area contributed by atoms with Crippen LogP contribution in [0.5, 0.6) is 0 Å².